The Morgan fingerprint density at radius 2 is 1.63 bits per heavy atom. The molecule has 19 heavy (non-hydrogen) atoms. The number of benzene rings is 1. The summed E-state index contributed by atoms with van der Waals surface area (Å²) in [7, 11) is 0. The highest BCUT2D eigenvalue weighted by Crippen LogP contribution is 2.32. The fraction of sp³-hybridized carbons (Fsp3) is 0.600. The quantitative estimate of drug-likeness (QED) is 0.794. The molecule has 0 unspecified atom stereocenters. The number of nitrogens with one attached hydrogen (secondary N) is 1. The van der Waals surface area contributed by atoms with Crippen LogP contribution in [-0.2, 0) is 0 Å². The van der Waals surface area contributed by atoms with E-state index in [1.54, 1.807) is 0 Å². The van der Waals surface area contributed by atoms with Gasteiger partial charge in [-0.2, -0.15) is 0 Å². The first-order chi connectivity index (χ1) is 8.96. The van der Waals surface area contributed by atoms with E-state index in [0.717, 1.165) is 12.5 Å². The summed E-state index contributed by atoms with van der Waals surface area (Å²) in [6, 6.07) is 2.95. The summed E-state index contributed by atoms with van der Waals surface area (Å²) in [5, 5.41) is 13.8. The maximum Gasteiger partial charge on any atom is 0.126 e. The number of hydrogen-bond donors (Lipinski definition) is 2. The number of rotatable bonds is 7. The van der Waals surface area contributed by atoms with E-state index < -0.39 is 23.3 Å². The molecular formula is C15H23F2NO. The van der Waals surface area contributed by atoms with Gasteiger partial charge in [-0.3, -0.25) is 0 Å². The van der Waals surface area contributed by atoms with Crippen LogP contribution < -0.4 is 5.32 Å². The fourth-order valence-electron chi connectivity index (χ4n) is 2.31. The monoisotopic (exact) mass is 271 g/mol. The highest BCUT2D eigenvalue weighted by atomic mass is 19.1. The molecule has 0 aliphatic heterocycles. The van der Waals surface area contributed by atoms with Crippen LogP contribution in [0.5, 0.6) is 0 Å². The van der Waals surface area contributed by atoms with Crippen molar-refractivity contribution in [1.82, 2.24) is 5.32 Å². The van der Waals surface area contributed by atoms with E-state index in [9.17, 15) is 13.9 Å². The number of aliphatic hydroxyl groups is 1. The maximum absolute atomic E-state index is 13.4. The Hall–Kier alpha value is -1.00. The van der Waals surface area contributed by atoms with Crippen molar-refractivity contribution in [1.29, 1.82) is 0 Å². The van der Waals surface area contributed by atoms with Gasteiger partial charge >= 0.3 is 0 Å². The Bertz CT molecular complexity index is 385. The molecule has 0 spiro atoms. The highest BCUT2D eigenvalue weighted by molar-refractivity contribution is 5.24. The molecule has 0 aromatic heterocycles. The zero-order chi connectivity index (χ0) is 14.5. The number of halogens is 2. The largest absolute Gasteiger partial charge is 0.388 e. The van der Waals surface area contributed by atoms with Crippen molar-refractivity contribution in [3.05, 3.63) is 35.4 Å². The molecule has 2 N–H and O–H groups in total. The molecular weight excluding hydrogens is 248 g/mol. The van der Waals surface area contributed by atoms with Gasteiger partial charge in [0, 0.05) is 6.07 Å². The average molecular weight is 271 g/mol. The molecule has 108 valence electrons. The minimum Gasteiger partial charge on any atom is -0.388 e. The Labute approximate surface area is 113 Å². The molecule has 0 bridgehead atoms. The van der Waals surface area contributed by atoms with Crippen LogP contribution in [0.1, 0.15) is 51.6 Å². The smallest absolute Gasteiger partial charge is 0.126 e. The predicted molar refractivity (Wildman–Crippen MR) is 72.9 cm³/mol. The summed E-state index contributed by atoms with van der Waals surface area (Å²) in [5.74, 6) is -1.24. The van der Waals surface area contributed by atoms with Crippen LogP contribution in [0, 0.1) is 11.6 Å². The summed E-state index contributed by atoms with van der Waals surface area (Å²) < 4.78 is 26.7. The molecule has 2 nitrogen and oxygen atoms in total. The van der Waals surface area contributed by atoms with E-state index in [1.807, 2.05) is 20.8 Å². The van der Waals surface area contributed by atoms with Gasteiger partial charge in [0.05, 0.1) is 11.6 Å². The van der Waals surface area contributed by atoms with E-state index >= 15 is 0 Å². The molecule has 0 aliphatic rings. The highest BCUT2D eigenvalue weighted by Gasteiger charge is 2.34. The molecule has 1 aromatic rings. The SMILES string of the molecule is CCCN[C@@H](c1cc(F)cc(F)c1)C(O)(CC)CC. The fourth-order valence-corrected chi connectivity index (χ4v) is 2.31. The van der Waals surface area contributed by atoms with Crippen LogP contribution >= 0.6 is 0 Å². The molecule has 1 rings (SSSR count). The Balaban J connectivity index is 3.14. The first-order valence-electron chi connectivity index (χ1n) is 6.88. The third-order valence-corrected chi connectivity index (χ3v) is 3.58. The van der Waals surface area contributed by atoms with Gasteiger partial charge in [0.2, 0.25) is 0 Å². The van der Waals surface area contributed by atoms with Crippen LogP contribution in [0.15, 0.2) is 18.2 Å². The lowest BCUT2D eigenvalue weighted by molar-refractivity contribution is -0.00710. The van der Waals surface area contributed by atoms with Gasteiger partial charge in [-0.15, -0.1) is 0 Å². The van der Waals surface area contributed by atoms with Gasteiger partial charge in [0.1, 0.15) is 11.6 Å². The van der Waals surface area contributed by atoms with Crippen molar-refractivity contribution in [2.45, 2.75) is 51.7 Å². The molecule has 1 atom stereocenters. The molecule has 0 saturated heterocycles. The van der Waals surface area contributed by atoms with Gasteiger partial charge in [0.25, 0.3) is 0 Å². The Morgan fingerprint density at radius 3 is 2.05 bits per heavy atom. The van der Waals surface area contributed by atoms with Crippen LogP contribution in [0.2, 0.25) is 0 Å². The second-order valence-electron chi connectivity index (χ2n) is 4.90. The normalized spacial score (nSPS) is 13.6. The summed E-state index contributed by atoms with van der Waals surface area (Å²) in [4.78, 5) is 0. The third kappa shape index (κ3) is 3.98. The van der Waals surface area contributed by atoms with Gasteiger partial charge in [0.15, 0.2) is 0 Å². The zero-order valence-corrected chi connectivity index (χ0v) is 11.8. The molecule has 0 fully saturated rings. The Morgan fingerprint density at radius 1 is 1.11 bits per heavy atom. The Kier molecular flexibility index (Phi) is 5.88. The van der Waals surface area contributed by atoms with E-state index in [0.29, 0.717) is 24.9 Å². The van der Waals surface area contributed by atoms with Crippen LogP contribution in [0.3, 0.4) is 0 Å². The van der Waals surface area contributed by atoms with E-state index in [4.69, 9.17) is 0 Å². The molecule has 1 aromatic carbocycles. The van der Waals surface area contributed by atoms with Crippen molar-refractivity contribution >= 4 is 0 Å². The first-order valence-corrected chi connectivity index (χ1v) is 6.88. The van der Waals surface area contributed by atoms with E-state index in [2.05, 4.69) is 5.32 Å². The van der Waals surface area contributed by atoms with Crippen LogP contribution in [0.25, 0.3) is 0 Å². The third-order valence-electron chi connectivity index (χ3n) is 3.58. The average Bonchev–Trinajstić information content (AvgIpc) is 2.37. The van der Waals surface area contributed by atoms with Crippen LogP contribution in [0.4, 0.5) is 8.78 Å². The maximum atomic E-state index is 13.4. The molecule has 0 heterocycles. The van der Waals surface area contributed by atoms with Gasteiger partial charge < -0.3 is 10.4 Å². The summed E-state index contributed by atoms with van der Waals surface area (Å²) in [6.07, 6.45) is 1.92. The van der Waals surface area contributed by atoms with Crippen molar-refractivity contribution < 1.29 is 13.9 Å². The second kappa shape index (κ2) is 6.96. The lowest BCUT2D eigenvalue weighted by Gasteiger charge is -2.36. The summed E-state index contributed by atoms with van der Waals surface area (Å²) in [5.41, 5.74) is -0.549. The van der Waals surface area contributed by atoms with Crippen molar-refractivity contribution in [3.8, 4) is 0 Å². The second-order valence-corrected chi connectivity index (χ2v) is 4.90. The van der Waals surface area contributed by atoms with Crippen molar-refractivity contribution in [3.63, 3.8) is 0 Å². The topological polar surface area (TPSA) is 32.3 Å². The zero-order valence-electron chi connectivity index (χ0n) is 11.8. The minimum absolute atomic E-state index is 0.456. The predicted octanol–water partition coefficient (Wildman–Crippen LogP) is 3.56. The molecule has 0 radical (unpaired) electrons. The molecule has 4 heteroatoms. The van der Waals surface area contributed by atoms with E-state index in [1.165, 1.54) is 12.1 Å². The molecule has 0 aliphatic carbocycles. The molecule has 0 saturated carbocycles. The number of hydrogen-bond acceptors (Lipinski definition) is 2. The first kappa shape index (κ1) is 16.1. The van der Waals surface area contributed by atoms with Crippen molar-refractivity contribution in [2.75, 3.05) is 6.54 Å². The molecule has 0 amide bonds. The summed E-state index contributed by atoms with van der Waals surface area (Å²) in [6.45, 7) is 6.44. The van der Waals surface area contributed by atoms with Gasteiger partial charge in [-0.25, -0.2) is 8.78 Å². The standard InChI is InChI=1S/C15H23F2NO/c1-4-7-18-14(15(19,5-2)6-3)11-8-12(16)10-13(17)9-11/h8-10,14,18-19H,4-7H2,1-3H3/t14-/m0/s1. The van der Waals surface area contributed by atoms with Crippen molar-refractivity contribution in [2.24, 2.45) is 0 Å². The minimum atomic E-state index is -1.00. The van der Waals surface area contributed by atoms with Crippen LogP contribution in [-0.4, -0.2) is 17.3 Å². The van der Waals surface area contributed by atoms with Gasteiger partial charge in [-0.1, -0.05) is 20.8 Å². The van der Waals surface area contributed by atoms with E-state index in [-0.39, 0.29) is 0 Å². The lowest BCUT2D eigenvalue weighted by Crippen LogP contribution is -2.43. The lowest BCUT2D eigenvalue weighted by atomic mass is 9.84. The summed E-state index contributed by atoms with van der Waals surface area (Å²) >= 11 is 0. The van der Waals surface area contributed by atoms with Gasteiger partial charge in [-0.05, 0) is 43.5 Å².